The normalized spacial score (nSPS) is 14.7. The number of aryl methyl sites for hydroxylation is 1. The van der Waals surface area contributed by atoms with Gasteiger partial charge in [0.15, 0.2) is 5.65 Å². The van der Waals surface area contributed by atoms with Crippen LogP contribution in [0.15, 0.2) is 35.3 Å². The Morgan fingerprint density at radius 1 is 1.31 bits per heavy atom. The number of hydrogen-bond donors (Lipinski definition) is 2. The molecule has 1 aromatic carbocycles. The van der Waals surface area contributed by atoms with Crippen molar-refractivity contribution in [2.45, 2.75) is 39.2 Å². The number of carbonyl (C=O) groups is 1. The number of rotatable bonds is 4. The third-order valence-corrected chi connectivity index (χ3v) is 5.47. The molecule has 4 rings (SSSR count). The van der Waals surface area contributed by atoms with E-state index in [0.29, 0.717) is 17.1 Å². The Kier molecular flexibility index (Phi) is 3.54. The van der Waals surface area contributed by atoms with Crippen LogP contribution >= 0.6 is 0 Å². The van der Waals surface area contributed by atoms with E-state index in [2.05, 4.69) is 23.8 Å². The van der Waals surface area contributed by atoms with Crippen molar-refractivity contribution < 1.29 is 9.90 Å². The van der Waals surface area contributed by atoms with E-state index in [1.807, 2.05) is 13.0 Å². The molecular weight excluding hydrogens is 330 g/mol. The van der Waals surface area contributed by atoms with Gasteiger partial charge in [-0.25, -0.2) is 14.6 Å². The highest BCUT2D eigenvalue weighted by atomic mass is 16.4. The Morgan fingerprint density at radius 2 is 2.04 bits per heavy atom. The molecule has 3 aromatic rings. The summed E-state index contributed by atoms with van der Waals surface area (Å²) in [6, 6.07) is 6.89. The first kappa shape index (κ1) is 16.6. The van der Waals surface area contributed by atoms with Crippen molar-refractivity contribution in [3.8, 4) is 11.1 Å². The van der Waals surface area contributed by atoms with Crippen LogP contribution in [0.25, 0.3) is 22.3 Å². The fraction of sp³-hybridized carbons (Fsp3) is 0.350. The molecule has 6 nitrogen and oxygen atoms in total. The lowest BCUT2D eigenvalue weighted by Crippen LogP contribution is -2.36. The molecule has 2 N–H and O–H groups in total. The summed E-state index contributed by atoms with van der Waals surface area (Å²) >= 11 is 0. The number of aromatic carboxylic acids is 1. The molecule has 1 aliphatic carbocycles. The smallest absolute Gasteiger partial charge is 0.335 e. The Balaban J connectivity index is 1.87. The van der Waals surface area contributed by atoms with E-state index >= 15 is 0 Å². The van der Waals surface area contributed by atoms with Crippen molar-refractivity contribution in [2.75, 3.05) is 0 Å². The lowest BCUT2D eigenvalue weighted by molar-refractivity contribution is 0.0697. The lowest BCUT2D eigenvalue weighted by atomic mass is 9.98. The standard InChI is InChI=1S/C20H21N3O3/c1-11-4-5-12(18(24)25)8-15(11)13-9-16-17(21-10-13)23(19(26)22-16)20(2,3)14-6-7-14/h4-5,8-10,14H,6-7H2,1-3H3,(H,22,26)(H,24,25). The molecule has 0 spiro atoms. The number of carboxylic acid groups (broad SMARTS) is 1. The van der Waals surface area contributed by atoms with Gasteiger partial charge in [0.05, 0.1) is 11.1 Å². The average molecular weight is 351 g/mol. The summed E-state index contributed by atoms with van der Waals surface area (Å²) in [5, 5.41) is 9.24. The first-order chi connectivity index (χ1) is 12.3. The number of fused-ring (bicyclic) bond motifs is 1. The van der Waals surface area contributed by atoms with E-state index in [1.165, 1.54) is 0 Å². The Hall–Kier alpha value is -2.89. The first-order valence-corrected chi connectivity index (χ1v) is 8.74. The minimum absolute atomic E-state index is 0.155. The van der Waals surface area contributed by atoms with Crippen molar-refractivity contribution in [1.82, 2.24) is 14.5 Å². The zero-order valence-corrected chi connectivity index (χ0v) is 15.0. The highest BCUT2D eigenvalue weighted by Crippen LogP contribution is 2.44. The van der Waals surface area contributed by atoms with Crippen LogP contribution in [0.1, 0.15) is 42.6 Å². The molecule has 0 unspecified atom stereocenters. The molecule has 0 aliphatic heterocycles. The van der Waals surface area contributed by atoms with Crippen LogP contribution in [0.5, 0.6) is 0 Å². The second-order valence-electron chi connectivity index (χ2n) is 7.62. The van der Waals surface area contributed by atoms with Crippen LogP contribution in [0.2, 0.25) is 0 Å². The van der Waals surface area contributed by atoms with Gasteiger partial charge in [0, 0.05) is 17.3 Å². The number of H-pyrrole nitrogens is 1. The molecule has 1 aliphatic rings. The summed E-state index contributed by atoms with van der Waals surface area (Å²) < 4.78 is 1.75. The van der Waals surface area contributed by atoms with Crippen LogP contribution in [-0.2, 0) is 5.54 Å². The van der Waals surface area contributed by atoms with Crippen molar-refractivity contribution in [3.05, 3.63) is 52.1 Å². The number of carboxylic acids is 1. The Labute approximate surface area is 150 Å². The number of nitrogens with zero attached hydrogens (tertiary/aromatic N) is 2. The van der Waals surface area contributed by atoms with Crippen molar-refractivity contribution in [3.63, 3.8) is 0 Å². The van der Waals surface area contributed by atoms with Gasteiger partial charge >= 0.3 is 11.7 Å². The van der Waals surface area contributed by atoms with Crippen molar-refractivity contribution in [1.29, 1.82) is 0 Å². The van der Waals surface area contributed by atoms with E-state index in [4.69, 9.17) is 0 Å². The van der Waals surface area contributed by atoms with Crippen LogP contribution in [-0.4, -0.2) is 25.6 Å². The maximum absolute atomic E-state index is 12.6. The molecule has 134 valence electrons. The van der Waals surface area contributed by atoms with Gasteiger partial charge in [-0.2, -0.15) is 0 Å². The van der Waals surface area contributed by atoms with E-state index in [1.54, 1.807) is 29.0 Å². The van der Waals surface area contributed by atoms with Gasteiger partial charge in [-0.3, -0.25) is 4.57 Å². The largest absolute Gasteiger partial charge is 0.478 e. The van der Waals surface area contributed by atoms with Gasteiger partial charge in [0.2, 0.25) is 0 Å². The van der Waals surface area contributed by atoms with Crippen molar-refractivity contribution in [2.24, 2.45) is 5.92 Å². The topological polar surface area (TPSA) is 88.0 Å². The number of aromatic amines is 1. The lowest BCUT2D eigenvalue weighted by Gasteiger charge is -2.25. The number of nitrogens with one attached hydrogen (secondary N) is 1. The fourth-order valence-electron chi connectivity index (χ4n) is 3.72. The maximum atomic E-state index is 12.6. The summed E-state index contributed by atoms with van der Waals surface area (Å²) in [4.78, 5) is 31.3. The molecule has 0 bridgehead atoms. The number of pyridine rings is 1. The molecule has 6 heteroatoms. The van der Waals surface area contributed by atoms with Gasteiger partial charge in [-0.1, -0.05) is 6.07 Å². The maximum Gasteiger partial charge on any atom is 0.335 e. The van der Waals surface area contributed by atoms with Crippen LogP contribution < -0.4 is 5.69 Å². The van der Waals surface area contributed by atoms with Crippen LogP contribution in [0, 0.1) is 12.8 Å². The van der Waals surface area contributed by atoms with E-state index < -0.39 is 5.97 Å². The molecule has 0 atom stereocenters. The van der Waals surface area contributed by atoms with Gasteiger partial charge < -0.3 is 10.1 Å². The van der Waals surface area contributed by atoms with Crippen LogP contribution in [0.4, 0.5) is 0 Å². The number of imidazole rings is 1. The van der Waals surface area contributed by atoms with Gasteiger partial charge in [0.1, 0.15) is 0 Å². The predicted molar refractivity (Wildman–Crippen MR) is 99.5 cm³/mol. The fourth-order valence-corrected chi connectivity index (χ4v) is 3.72. The zero-order chi connectivity index (χ0) is 18.6. The average Bonchev–Trinajstić information content (AvgIpc) is 3.37. The predicted octanol–water partition coefficient (Wildman–Crippen LogP) is 3.54. The number of benzene rings is 1. The molecule has 1 saturated carbocycles. The van der Waals surface area contributed by atoms with Crippen molar-refractivity contribution >= 4 is 17.1 Å². The van der Waals surface area contributed by atoms with Gasteiger partial charge in [-0.05, 0) is 68.9 Å². The summed E-state index contributed by atoms with van der Waals surface area (Å²) in [5.74, 6) is -0.471. The molecule has 26 heavy (non-hydrogen) atoms. The summed E-state index contributed by atoms with van der Waals surface area (Å²) in [5.41, 5.74) is 3.65. The second-order valence-corrected chi connectivity index (χ2v) is 7.62. The molecule has 1 fully saturated rings. The zero-order valence-electron chi connectivity index (χ0n) is 15.0. The third-order valence-electron chi connectivity index (χ3n) is 5.47. The molecule has 2 heterocycles. The van der Waals surface area contributed by atoms with E-state index in [0.717, 1.165) is 29.5 Å². The number of aromatic nitrogens is 3. The van der Waals surface area contributed by atoms with Crippen LogP contribution in [0.3, 0.4) is 0 Å². The Bertz CT molecular complexity index is 1090. The second kappa shape index (κ2) is 5.56. The minimum atomic E-state index is -0.967. The summed E-state index contributed by atoms with van der Waals surface area (Å²) in [6.07, 6.45) is 3.97. The quantitative estimate of drug-likeness (QED) is 0.752. The Morgan fingerprint density at radius 3 is 2.69 bits per heavy atom. The van der Waals surface area contributed by atoms with Gasteiger partial charge in [0.25, 0.3) is 0 Å². The SMILES string of the molecule is Cc1ccc(C(=O)O)cc1-c1cnc2c(c1)[nH]c(=O)n2C(C)(C)C1CC1. The molecule has 0 saturated heterocycles. The molecule has 0 amide bonds. The highest BCUT2D eigenvalue weighted by Gasteiger charge is 2.41. The third kappa shape index (κ3) is 2.53. The minimum Gasteiger partial charge on any atom is -0.478 e. The molecule has 0 radical (unpaired) electrons. The van der Waals surface area contributed by atoms with E-state index in [-0.39, 0.29) is 16.8 Å². The van der Waals surface area contributed by atoms with Gasteiger partial charge in [-0.15, -0.1) is 0 Å². The van der Waals surface area contributed by atoms with E-state index in [9.17, 15) is 14.7 Å². The summed E-state index contributed by atoms with van der Waals surface area (Å²) in [6.45, 7) is 6.08. The highest BCUT2D eigenvalue weighted by molar-refractivity contribution is 5.90. The molecule has 2 aromatic heterocycles. The first-order valence-electron chi connectivity index (χ1n) is 8.74. The monoisotopic (exact) mass is 351 g/mol. The summed E-state index contributed by atoms with van der Waals surface area (Å²) in [7, 11) is 0. The molecular formula is C20H21N3O3. The number of hydrogen-bond acceptors (Lipinski definition) is 3.